The van der Waals surface area contributed by atoms with Crippen LogP contribution in [0.4, 0.5) is 0 Å². The minimum Gasteiger partial charge on any atom is -0.497 e. The van der Waals surface area contributed by atoms with Crippen molar-refractivity contribution in [2.24, 2.45) is 0 Å². The van der Waals surface area contributed by atoms with Crippen LogP contribution in [-0.4, -0.2) is 23.8 Å². The smallest absolute Gasteiger partial charge is 0.119 e. The Bertz CT molecular complexity index is 561. The van der Waals surface area contributed by atoms with Crippen LogP contribution in [0.2, 0.25) is 0 Å². The number of rotatable bonds is 3. The molecular weight excluding hydrogens is 214 g/mol. The molecule has 1 N–H and O–H groups in total. The van der Waals surface area contributed by atoms with E-state index >= 15 is 0 Å². The number of aliphatic hydroxyl groups is 1. The fourth-order valence-electron chi connectivity index (χ4n) is 2.33. The van der Waals surface area contributed by atoms with Crippen molar-refractivity contribution in [3.05, 3.63) is 36.2 Å². The van der Waals surface area contributed by atoms with E-state index in [1.807, 2.05) is 30.5 Å². The maximum Gasteiger partial charge on any atom is 0.119 e. The summed E-state index contributed by atoms with van der Waals surface area (Å²) in [6, 6.07) is 7.97. The van der Waals surface area contributed by atoms with E-state index in [0.717, 1.165) is 35.1 Å². The lowest BCUT2D eigenvalue weighted by Crippen LogP contribution is -2.14. The monoisotopic (exact) mass is 229 g/mol. The molecule has 1 heterocycles. The average Bonchev–Trinajstić information content (AvgIpc) is 3.18. The molecule has 1 fully saturated rings. The molecule has 3 heteroatoms. The zero-order chi connectivity index (χ0) is 11.9. The minimum atomic E-state index is -0.0892. The molecular formula is C14H15NO2. The fourth-order valence-corrected chi connectivity index (χ4v) is 2.33. The maximum atomic E-state index is 9.51. The van der Waals surface area contributed by atoms with Crippen LogP contribution >= 0.6 is 0 Å². The molecule has 1 aliphatic carbocycles. The van der Waals surface area contributed by atoms with Crippen LogP contribution in [0.3, 0.4) is 0 Å². The molecule has 88 valence electrons. The van der Waals surface area contributed by atoms with Gasteiger partial charge in [0, 0.05) is 17.0 Å². The predicted molar refractivity (Wildman–Crippen MR) is 66.3 cm³/mol. The van der Waals surface area contributed by atoms with E-state index in [2.05, 4.69) is 4.98 Å². The molecule has 0 bridgehead atoms. The number of methoxy groups -OCH3 is 1. The number of ether oxygens (including phenoxy) is 1. The molecule has 0 radical (unpaired) electrons. The SMILES string of the molecule is COc1ccc2c(C3(CO)CC3)nccc2c1. The number of aromatic nitrogens is 1. The number of nitrogens with zero attached hydrogens (tertiary/aromatic N) is 1. The second-order valence-corrected chi connectivity index (χ2v) is 4.69. The molecule has 0 atom stereocenters. The van der Waals surface area contributed by atoms with Crippen LogP contribution in [0.25, 0.3) is 10.8 Å². The van der Waals surface area contributed by atoms with Crippen LogP contribution in [0.5, 0.6) is 5.75 Å². The van der Waals surface area contributed by atoms with Gasteiger partial charge in [-0.1, -0.05) is 0 Å². The topological polar surface area (TPSA) is 42.4 Å². The number of hydrogen-bond acceptors (Lipinski definition) is 3. The van der Waals surface area contributed by atoms with Crippen LogP contribution < -0.4 is 4.74 Å². The molecule has 1 saturated carbocycles. The Morgan fingerprint density at radius 2 is 2.18 bits per heavy atom. The second-order valence-electron chi connectivity index (χ2n) is 4.69. The number of hydrogen-bond donors (Lipinski definition) is 1. The highest BCUT2D eigenvalue weighted by Crippen LogP contribution is 2.48. The van der Waals surface area contributed by atoms with Crippen molar-refractivity contribution in [3.8, 4) is 5.75 Å². The van der Waals surface area contributed by atoms with Crippen molar-refractivity contribution < 1.29 is 9.84 Å². The highest BCUT2D eigenvalue weighted by Gasteiger charge is 2.45. The third-order valence-electron chi connectivity index (χ3n) is 3.63. The molecule has 0 unspecified atom stereocenters. The third kappa shape index (κ3) is 1.58. The van der Waals surface area contributed by atoms with Crippen molar-refractivity contribution in [3.63, 3.8) is 0 Å². The van der Waals surface area contributed by atoms with Gasteiger partial charge in [0.25, 0.3) is 0 Å². The number of aliphatic hydroxyl groups excluding tert-OH is 1. The first-order valence-electron chi connectivity index (χ1n) is 5.83. The third-order valence-corrected chi connectivity index (χ3v) is 3.63. The Balaban J connectivity index is 2.20. The summed E-state index contributed by atoms with van der Waals surface area (Å²) in [7, 11) is 1.67. The molecule has 1 aromatic carbocycles. The molecule has 0 saturated heterocycles. The molecule has 3 rings (SSSR count). The summed E-state index contributed by atoms with van der Waals surface area (Å²) in [6.07, 6.45) is 3.87. The number of fused-ring (bicyclic) bond motifs is 1. The van der Waals surface area contributed by atoms with Gasteiger partial charge in [0.15, 0.2) is 0 Å². The van der Waals surface area contributed by atoms with Gasteiger partial charge in [-0.05, 0) is 42.5 Å². The number of pyridine rings is 1. The lowest BCUT2D eigenvalue weighted by Gasteiger charge is -2.14. The van der Waals surface area contributed by atoms with E-state index in [1.54, 1.807) is 7.11 Å². The number of benzene rings is 1. The van der Waals surface area contributed by atoms with Crippen molar-refractivity contribution in [1.29, 1.82) is 0 Å². The highest BCUT2D eigenvalue weighted by atomic mass is 16.5. The van der Waals surface area contributed by atoms with Gasteiger partial charge in [-0.2, -0.15) is 0 Å². The van der Waals surface area contributed by atoms with Crippen molar-refractivity contribution in [1.82, 2.24) is 4.98 Å². The Labute approximate surface area is 100 Å². The summed E-state index contributed by atoms with van der Waals surface area (Å²) in [5.41, 5.74) is 0.939. The molecule has 1 aromatic heterocycles. The van der Waals surface area contributed by atoms with Crippen molar-refractivity contribution in [2.45, 2.75) is 18.3 Å². The Morgan fingerprint density at radius 3 is 2.82 bits per heavy atom. The van der Waals surface area contributed by atoms with Crippen LogP contribution in [0, 0.1) is 0 Å². The van der Waals surface area contributed by atoms with Gasteiger partial charge < -0.3 is 9.84 Å². The van der Waals surface area contributed by atoms with E-state index in [-0.39, 0.29) is 12.0 Å². The predicted octanol–water partition coefficient (Wildman–Crippen LogP) is 2.27. The maximum absolute atomic E-state index is 9.51. The first-order chi connectivity index (χ1) is 8.29. The van der Waals surface area contributed by atoms with Crippen LogP contribution in [0.15, 0.2) is 30.5 Å². The zero-order valence-corrected chi connectivity index (χ0v) is 9.81. The lowest BCUT2D eigenvalue weighted by atomic mass is 9.97. The Morgan fingerprint density at radius 1 is 1.35 bits per heavy atom. The Kier molecular flexibility index (Phi) is 2.30. The summed E-state index contributed by atoms with van der Waals surface area (Å²) in [5, 5.41) is 11.7. The summed E-state index contributed by atoms with van der Waals surface area (Å²) in [4.78, 5) is 4.47. The highest BCUT2D eigenvalue weighted by molar-refractivity contribution is 5.87. The van der Waals surface area contributed by atoms with Crippen LogP contribution in [-0.2, 0) is 5.41 Å². The largest absolute Gasteiger partial charge is 0.497 e. The van der Waals surface area contributed by atoms with E-state index < -0.39 is 0 Å². The van der Waals surface area contributed by atoms with Crippen molar-refractivity contribution in [2.75, 3.05) is 13.7 Å². The summed E-state index contributed by atoms with van der Waals surface area (Å²) in [5.74, 6) is 0.850. The summed E-state index contributed by atoms with van der Waals surface area (Å²) >= 11 is 0. The fraction of sp³-hybridized carbons (Fsp3) is 0.357. The first kappa shape index (κ1) is 10.5. The van der Waals surface area contributed by atoms with Crippen LogP contribution in [0.1, 0.15) is 18.5 Å². The molecule has 17 heavy (non-hydrogen) atoms. The summed E-state index contributed by atoms with van der Waals surface area (Å²) < 4.78 is 5.22. The quantitative estimate of drug-likeness (QED) is 0.877. The average molecular weight is 229 g/mol. The van der Waals surface area contributed by atoms with Gasteiger partial charge in [-0.15, -0.1) is 0 Å². The molecule has 1 aliphatic rings. The molecule has 0 amide bonds. The van der Waals surface area contributed by atoms with E-state index in [0.29, 0.717) is 0 Å². The second kappa shape index (κ2) is 3.70. The van der Waals surface area contributed by atoms with Gasteiger partial charge in [-0.25, -0.2) is 0 Å². The molecule has 0 spiro atoms. The van der Waals surface area contributed by atoms with E-state index in [9.17, 15) is 5.11 Å². The minimum absolute atomic E-state index is 0.0892. The standard InChI is InChI=1S/C14H15NO2/c1-17-11-2-3-12-10(8-11)4-7-15-13(12)14(9-16)5-6-14/h2-4,7-8,16H,5-6,9H2,1H3. The lowest BCUT2D eigenvalue weighted by molar-refractivity contribution is 0.253. The first-order valence-corrected chi connectivity index (χ1v) is 5.83. The van der Waals surface area contributed by atoms with Gasteiger partial charge in [0.1, 0.15) is 5.75 Å². The molecule has 0 aliphatic heterocycles. The van der Waals surface area contributed by atoms with Gasteiger partial charge in [0.05, 0.1) is 19.4 Å². The molecule has 3 nitrogen and oxygen atoms in total. The van der Waals surface area contributed by atoms with E-state index in [4.69, 9.17) is 4.74 Å². The zero-order valence-electron chi connectivity index (χ0n) is 9.81. The Hall–Kier alpha value is -1.61. The normalized spacial score (nSPS) is 17.1. The van der Waals surface area contributed by atoms with Gasteiger partial charge in [0.2, 0.25) is 0 Å². The van der Waals surface area contributed by atoms with Crippen molar-refractivity contribution >= 4 is 10.8 Å². The van der Waals surface area contributed by atoms with Gasteiger partial charge in [-0.3, -0.25) is 4.98 Å². The molecule has 2 aromatic rings. The summed E-state index contributed by atoms with van der Waals surface area (Å²) in [6.45, 7) is 0.186. The van der Waals surface area contributed by atoms with E-state index in [1.165, 1.54) is 0 Å². The van der Waals surface area contributed by atoms with Gasteiger partial charge >= 0.3 is 0 Å².